The molecule has 1 aliphatic heterocycles. The van der Waals surface area contributed by atoms with Gasteiger partial charge in [0.15, 0.2) is 0 Å². The lowest BCUT2D eigenvalue weighted by atomic mass is 9.92. The highest BCUT2D eigenvalue weighted by molar-refractivity contribution is 7.91. The molecule has 1 fully saturated rings. The van der Waals surface area contributed by atoms with E-state index in [9.17, 15) is 26.0 Å². The van der Waals surface area contributed by atoms with E-state index >= 15 is 0 Å². The second-order valence-electron chi connectivity index (χ2n) is 8.69. The van der Waals surface area contributed by atoms with E-state index in [2.05, 4.69) is 15.3 Å². The van der Waals surface area contributed by atoms with E-state index in [-0.39, 0.29) is 23.1 Å². The van der Waals surface area contributed by atoms with Gasteiger partial charge in [0.25, 0.3) is 0 Å². The highest BCUT2D eigenvalue weighted by Gasteiger charge is 2.32. The highest BCUT2D eigenvalue weighted by Crippen LogP contribution is 2.36. The molecular formula is C23H24F4N4O2S. The van der Waals surface area contributed by atoms with Crippen molar-refractivity contribution in [3.63, 3.8) is 0 Å². The van der Waals surface area contributed by atoms with E-state index in [1.54, 1.807) is 19.9 Å². The summed E-state index contributed by atoms with van der Waals surface area (Å²) in [4.78, 5) is 8.70. The number of aromatic nitrogens is 2. The van der Waals surface area contributed by atoms with Crippen molar-refractivity contribution in [2.24, 2.45) is 0 Å². The minimum absolute atomic E-state index is 0.00134. The Hall–Kier alpha value is -2.95. The maximum Gasteiger partial charge on any atom is 0.416 e. The molecule has 0 bridgehead atoms. The van der Waals surface area contributed by atoms with Gasteiger partial charge >= 0.3 is 6.18 Å². The number of hydrogen-bond donors (Lipinski definition) is 2. The number of benzene rings is 2. The number of nitrogens with two attached hydrogens (primary N) is 1. The molecule has 3 N–H and O–H groups in total. The van der Waals surface area contributed by atoms with Gasteiger partial charge in [-0.25, -0.2) is 22.8 Å². The number of nitrogen functional groups attached to an aromatic ring is 1. The van der Waals surface area contributed by atoms with Crippen molar-refractivity contribution in [3.05, 3.63) is 58.7 Å². The molecular weight excluding hydrogens is 472 g/mol. The monoisotopic (exact) mass is 496 g/mol. The molecule has 0 unspecified atom stereocenters. The Morgan fingerprint density at radius 2 is 1.76 bits per heavy atom. The Morgan fingerprint density at radius 1 is 1.09 bits per heavy atom. The van der Waals surface area contributed by atoms with E-state index in [0.717, 1.165) is 12.1 Å². The number of aryl methyl sites for hydroxylation is 1. The fraction of sp³-hybridized carbons (Fsp3) is 0.391. The highest BCUT2D eigenvalue weighted by atomic mass is 32.2. The van der Waals surface area contributed by atoms with E-state index < -0.39 is 33.4 Å². The first-order chi connectivity index (χ1) is 15.8. The van der Waals surface area contributed by atoms with Gasteiger partial charge in [-0.1, -0.05) is 0 Å². The van der Waals surface area contributed by atoms with E-state index in [0.29, 0.717) is 46.5 Å². The molecule has 2 heterocycles. The van der Waals surface area contributed by atoms with Crippen LogP contribution in [0.4, 0.5) is 29.1 Å². The summed E-state index contributed by atoms with van der Waals surface area (Å²) >= 11 is 0. The molecule has 3 aromatic rings. The van der Waals surface area contributed by atoms with E-state index in [1.165, 1.54) is 12.1 Å². The third-order valence-corrected chi connectivity index (χ3v) is 7.79. The molecule has 6 nitrogen and oxygen atoms in total. The molecule has 1 aliphatic rings. The summed E-state index contributed by atoms with van der Waals surface area (Å²) in [5.41, 5.74) is 5.88. The number of sulfone groups is 1. The molecule has 0 saturated carbocycles. The lowest BCUT2D eigenvalue weighted by Gasteiger charge is -2.24. The fourth-order valence-electron chi connectivity index (χ4n) is 4.29. The lowest BCUT2D eigenvalue weighted by molar-refractivity contribution is -0.137. The van der Waals surface area contributed by atoms with Crippen LogP contribution in [0.2, 0.25) is 0 Å². The molecule has 4 rings (SSSR count). The zero-order chi connectivity index (χ0) is 24.8. The average Bonchev–Trinajstić information content (AvgIpc) is 2.72. The quantitative estimate of drug-likeness (QED) is 0.383. The number of nitrogens with zero attached hydrogens (tertiary/aromatic N) is 2. The molecule has 0 amide bonds. The molecule has 182 valence electrons. The Balaban J connectivity index is 1.72. The molecule has 11 heteroatoms. The molecule has 1 aromatic heterocycles. The largest absolute Gasteiger partial charge is 0.416 e. The molecule has 34 heavy (non-hydrogen) atoms. The Kier molecular flexibility index (Phi) is 6.17. The molecule has 0 spiro atoms. The third kappa shape index (κ3) is 5.08. The summed E-state index contributed by atoms with van der Waals surface area (Å²) < 4.78 is 78.2. The predicted octanol–water partition coefficient (Wildman–Crippen LogP) is 5.14. The molecule has 2 aromatic carbocycles. The molecule has 0 aliphatic carbocycles. The topological polar surface area (TPSA) is 98.0 Å². The second-order valence-corrected chi connectivity index (χ2v) is 11.0. The van der Waals surface area contributed by atoms with Crippen LogP contribution in [-0.2, 0) is 16.0 Å². The standard InChI is InChI=1S/C23H24F4N4O2S/c1-12(15-7-16(23(25,26)27)9-17(28)8-15)29-22-19-10-18(14-3-5-34(32,33)6-4-14)20(24)11-21(19)30-13(2)31-22/h7-12,14H,3-6,28H2,1-2H3,(H,29,30,31)/t12-/m1/s1. The number of halogens is 4. The Labute approximate surface area is 194 Å². The number of fused-ring (bicyclic) bond motifs is 1. The van der Waals surface area contributed by atoms with Gasteiger partial charge in [-0.3, -0.25) is 0 Å². The van der Waals surface area contributed by atoms with Gasteiger partial charge in [-0.2, -0.15) is 13.2 Å². The van der Waals surface area contributed by atoms with Crippen LogP contribution in [0, 0.1) is 12.7 Å². The molecule has 1 atom stereocenters. The van der Waals surface area contributed by atoms with Crippen LogP contribution in [0.1, 0.15) is 54.2 Å². The van der Waals surface area contributed by atoms with Crippen molar-refractivity contribution in [2.75, 3.05) is 22.6 Å². The maximum absolute atomic E-state index is 14.9. The van der Waals surface area contributed by atoms with Crippen LogP contribution in [0.5, 0.6) is 0 Å². The number of alkyl halides is 3. The van der Waals surface area contributed by atoms with Crippen molar-refractivity contribution < 1.29 is 26.0 Å². The predicted molar refractivity (Wildman–Crippen MR) is 123 cm³/mol. The Bertz CT molecular complexity index is 1350. The minimum Gasteiger partial charge on any atom is -0.399 e. The summed E-state index contributed by atoms with van der Waals surface area (Å²) in [6.45, 7) is 3.31. The normalized spacial score (nSPS) is 17.6. The summed E-state index contributed by atoms with van der Waals surface area (Å²) in [6, 6.07) is 5.66. The SMILES string of the molecule is Cc1nc(N[C@H](C)c2cc(N)cc(C(F)(F)F)c2)c2cc(C3CCS(=O)(=O)CC3)c(F)cc2n1. The zero-order valence-corrected chi connectivity index (χ0v) is 19.4. The van der Waals surface area contributed by atoms with Crippen LogP contribution in [-0.4, -0.2) is 29.9 Å². The number of nitrogens with one attached hydrogen (secondary N) is 1. The number of rotatable bonds is 4. The van der Waals surface area contributed by atoms with Crippen LogP contribution < -0.4 is 11.1 Å². The minimum atomic E-state index is -4.54. The Morgan fingerprint density at radius 3 is 2.41 bits per heavy atom. The first-order valence-electron chi connectivity index (χ1n) is 10.7. The van der Waals surface area contributed by atoms with Gasteiger partial charge in [-0.05, 0) is 68.0 Å². The van der Waals surface area contributed by atoms with Crippen LogP contribution in [0.15, 0.2) is 30.3 Å². The van der Waals surface area contributed by atoms with E-state index in [4.69, 9.17) is 5.73 Å². The molecule has 1 saturated heterocycles. The first-order valence-corrected chi connectivity index (χ1v) is 12.6. The van der Waals surface area contributed by atoms with Crippen molar-refractivity contribution in [2.45, 2.75) is 44.8 Å². The van der Waals surface area contributed by atoms with Gasteiger partial charge in [-0.15, -0.1) is 0 Å². The van der Waals surface area contributed by atoms with Crippen molar-refractivity contribution in [3.8, 4) is 0 Å². The van der Waals surface area contributed by atoms with Gasteiger partial charge < -0.3 is 11.1 Å². The van der Waals surface area contributed by atoms with Crippen LogP contribution in [0.3, 0.4) is 0 Å². The van der Waals surface area contributed by atoms with Crippen LogP contribution in [0.25, 0.3) is 10.9 Å². The zero-order valence-electron chi connectivity index (χ0n) is 18.6. The van der Waals surface area contributed by atoms with Crippen molar-refractivity contribution >= 4 is 32.2 Å². The summed E-state index contributed by atoms with van der Waals surface area (Å²) in [6.07, 6.45) is -3.90. The summed E-state index contributed by atoms with van der Waals surface area (Å²) in [5.74, 6) is -0.0308. The maximum atomic E-state index is 14.9. The van der Waals surface area contributed by atoms with Crippen molar-refractivity contribution in [1.82, 2.24) is 9.97 Å². The van der Waals surface area contributed by atoms with Gasteiger partial charge in [0.05, 0.1) is 28.6 Å². The van der Waals surface area contributed by atoms with Gasteiger partial charge in [0, 0.05) is 17.1 Å². The van der Waals surface area contributed by atoms with Gasteiger partial charge in [0.2, 0.25) is 0 Å². The smallest absolute Gasteiger partial charge is 0.399 e. The summed E-state index contributed by atoms with van der Waals surface area (Å²) in [5, 5.41) is 3.62. The van der Waals surface area contributed by atoms with Crippen LogP contribution >= 0.6 is 0 Å². The summed E-state index contributed by atoms with van der Waals surface area (Å²) in [7, 11) is -3.11. The first kappa shape index (κ1) is 24.2. The fourth-order valence-corrected chi connectivity index (χ4v) is 5.78. The van der Waals surface area contributed by atoms with Gasteiger partial charge in [0.1, 0.15) is 27.3 Å². The van der Waals surface area contributed by atoms with E-state index in [1.807, 2.05) is 0 Å². The number of anilines is 2. The van der Waals surface area contributed by atoms with Crippen molar-refractivity contribution in [1.29, 1.82) is 0 Å². The lowest BCUT2D eigenvalue weighted by Crippen LogP contribution is -2.22. The number of hydrogen-bond acceptors (Lipinski definition) is 6. The average molecular weight is 497 g/mol. The second kappa shape index (κ2) is 8.68. The molecule has 0 radical (unpaired) electrons. The third-order valence-electron chi connectivity index (χ3n) is 6.08.